The number of nitrogens with one attached hydrogen (secondary N) is 1. The zero-order chi connectivity index (χ0) is 23.8. The molecule has 1 N–H and O–H groups in total. The molecular weight excluding hydrogens is 480 g/mol. The highest BCUT2D eigenvalue weighted by molar-refractivity contribution is 8.26. The zero-order valence-electron chi connectivity index (χ0n) is 18.0. The maximum Gasteiger partial charge on any atom is 0.337 e. The zero-order valence-corrected chi connectivity index (χ0v) is 20.4. The number of para-hydroxylation sites is 1. The van der Waals surface area contributed by atoms with Gasteiger partial charge in [-0.3, -0.25) is 14.5 Å². The number of methoxy groups -OCH3 is 1. The third-order valence-corrected chi connectivity index (χ3v) is 6.64. The molecule has 6 nitrogen and oxygen atoms in total. The molecule has 0 radical (unpaired) electrons. The number of hydrogen-bond donors (Lipinski definition) is 1. The van der Waals surface area contributed by atoms with E-state index in [1.807, 2.05) is 12.1 Å². The third-order valence-electron chi connectivity index (χ3n) is 4.94. The number of rotatable bonds is 9. The topological polar surface area (TPSA) is 75.7 Å². The molecule has 1 aliphatic heterocycles. The summed E-state index contributed by atoms with van der Waals surface area (Å²) in [5.41, 5.74) is 1.85. The van der Waals surface area contributed by atoms with E-state index in [0.29, 0.717) is 44.9 Å². The molecule has 2 amide bonds. The molecule has 0 aromatic heterocycles. The number of amides is 2. The van der Waals surface area contributed by atoms with Gasteiger partial charge in [0.15, 0.2) is 0 Å². The molecule has 1 aliphatic rings. The van der Waals surface area contributed by atoms with Crippen molar-refractivity contribution in [3.05, 3.63) is 69.6 Å². The van der Waals surface area contributed by atoms with Crippen LogP contribution in [-0.4, -0.2) is 40.7 Å². The molecule has 1 fully saturated rings. The molecule has 0 saturated carbocycles. The normalized spacial score (nSPS) is 14.6. The summed E-state index contributed by atoms with van der Waals surface area (Å²) in [5.74, 6) is -0.623. The molecule has 3 rings (SSSR count). The summed E-state index contributed by atoms with van der Waals surface area (Å²) in [6.45, 7) is 0.509. The number of benzene rings is 2. The summed E-state index contributed by atoms with van der Waals surface area (Å²) in [4.78, 5) is 38.5. The van der Waals surface area contributed by atoms with Crippen molar-refractivity contribution in [3.63, 3.8) is 0 Å². The smallest absolute Gasteiger partial charge is 0.337 e. The summed E-state index contributed by atoms with van der Waals surface area (Å²) in [5, 5.41) is 3.31. The van der Waals surface area contributed by atoms with Gasteiger partial charge in [-0.1, -0.05) is 66.3 Å². The van der Waals surface area contributed by atoms with Gasteiger partial charge >= 0.3 is 5.97 Å². The van der Waals surface area contributed by atoms with Crippen LogP contribution in [0.1, 0.15) is 41.6 Å². The van der Waals surface area contributed by atoms with Gasteiger partial charge in [-0.25, -0.2) is 4.79 Å². The summed E-state index contributed by atoms with van der Waals surface area (Å²) in [6, 6.07) is 13.9. The van der Waals surface area contributed by atoms with E-state index in [4.69, 9.17) is 28.6 Å². The van der Waals surface area contributed by atoms with Crippen molar-refractivity contribution >= 4 is 69.4 Å². The van der Waals surface area contributed by atoms with Gasteiger partial charge < -0.3 is 10.1 Å². The number of halogens is 1. The number of unbranched alkanes of at least 4 members (excludes halogenated alkanes) is 2. The van der Waals surface area contributed by atoms with Gasteiger partial charge in [0, 0.05) is 13.0 Å². The summed E-state index contributed by atoms with van der Waals surface area (Å²) in [6.07, 6.45) is 4.38. The molecule has 172 valence electrons. The van der Waals surface area contributed by atoms with Gasteiger partial charge in [-0.15, -0.1) is 0 Å². The number of ether oxygens (including phenoxy) is 1. The van der Waals surface area contributed by atoms with Crippen LogP contribution in [0.15, 0.2) is 53.4 Å². The summed E-state index contributed by atoms with van der Waals surface area (Å²) >= 11 is 12.7. The minimum absolute atomic E-state index is 0.0881. The Labute approximate surface area is 207 Å². The highest BCUT2D eigenvalue weighted by atomic mass is 35.5. The highest BCUT2D eigenvalue weighted by Crippen LogP contribution is 2.33. The molecule has 0 spiro atoms. The number of hydrogen-bond acceptors (Lipinski definition) is 6. The molecule has 0 aliphatic carbocycles. The fourth-order valence-electron chi connectivity index (χ4n) is 3.18. The highest BCUT2D eigenvalue weighted by Gasteiger charge is 2.31. The van der Waals surface area contributed by atoms with Crippen LogP contribution >= 0.6 is 35.6 Å². The van der Waals surface area contributed by atoms with Gasteiger partial charge in [0.1, 0.15) is 4.32 Å². The van der Waals surface area contributed by atoms with Crippen LogP contribution in [0, 0.1) is 0 Å². The Bertz CT molecular complexity index is 1090. The predicted molar refractivity (Wildman–Crippen MR) is 136 cm³/mol. The molecule has 0 bridgehead atoms. The van der Waals surface area contributed by atoms with Crippen molar-refractivity contribution in [3.8, 4) is 0 Å². The molecule has 1 heterocycles. The first-order valence-electron chi connectivity index (χ1n) is 10.4. The monoisotopic (exact) mass is 502 g/mol. The van der Waals surface area contributed by atoms with Crippen LogP contribution in [0.4, 0.5) is 5.69 Å². The second-order valence-electron chi connectivity index (χ2n) is 7.29. The largest absolute Gasteiger partial charge is 0.465 e. The Balaban J connectivity index is 1.44. The van der Waals surface area contributed by atoms with E-state index in [9.17, 15) is 14.4 Å². The lowest BCUT2D eigenvalue weighted by Crippen LogP contribution is -2.29. The lowest BCUT2D eigenvalue weighted by molar-refractivity contribution is -0.122. The first-order chi connectivity index (χ1) is 15.9. The first kappa shape index (κ1) is 25.0. The number of anilines is 1. The van der Waals surface area contributed by atoms with Crippen molar-refractivity contribution in [2.75, 3.05) is 19.0 Å². The van der Waals surface area contributed by atoms with Crippen LogP contribution in [0.2, 0.25) is 5.02 Å². The van der Waals surface area contributed by atoms with Crippen LogP contribution < -0.4 is 5.32 Å². The van der Waals surface area contributed by atoms with E-state index in [0.717, 1.165) is 18.4 Å². The Kier molecular flexibility index (Phi) is 9.05. The van der Waals surface area contributed by atoms with E-state index in [1.54, 1.807) is 47.4 Å². The Hall–Kier alpha value is -2.68. The quantitative estimate of drug-likeness (QED) is 0.210. The molecule has 2 aromatic rings. The number of nitrogens with zero attached hydrogens (tertiary/aromatic N) is 1. The fourth-order valence-corrected chi connectivity index (χ4v) is 4.68. The van der Waals surface area contributed by atoms with Gasteiger partial charge in [0.25, 0.3) is 5.91 Å². The van der Waals surface area contributed by atoms with Gasteiger partial charge in [0.05, 0.1) is 28.3 Å². The number of carbonyl (C=O) groups excluding carboxylic acids is 3. The fraction of sp³-hybridized carbons (Fsp3) is 0.250. The molecule has 0 unspecified atom stereocenters. The van der Waals surface area contributed by atoms with E-state index in [-0.39, 0.29) is 11.8 Å². The van der Waals surface area contributed by atoms with Gasteiger partial charge in [-0.05, 0) is 48.7 Å². The van der Waals surface area contributed by atoms with Crippen LogP contribution in [0.5, 0.6) is 0 Å². The second kappa shape index (κ2) is 12.0. The van der Waals surface area contributed by atoms with E-state index in [2.05, 4.69) is 5.32 Å². The standard InChI is InChI=1S/C24H23ClN2O4S2/c1-31-23(30)17-12-10-16(11-13-17)15-20-22(29)27(24(32)33-20)14-6-2-3-9-21(28)26-19-8-5-4-7-18(19)25/h4-5,7-8,10-13,15H,2-3,6,9,14H2,1H3,(H,26,28). The van der Waals surface area contributed by atoms with Crippen molar-refractivity contribution < 1.29 is 19.1 Å². The number of thiocarbonyl (C=S) groups is 1. The Morgan fingerprint density at radius 1 is 1.12 bits per heavy atom. The number of esters is 1. The lowest BCUT2D eigenvalue weighted by atomic mass is 10.1. The molecular formula is C24H23ClN2O4S2. The van der Waals surface area contributed by atoms with Crippen LogP contribution in [0.25, 0.3) is 6.08 Å². The minimum Gasteiger partial charge on any atom is -0.465 e. The van der Waals surface area contributed by atoms with E-state index >= 15 is 0 Å². The van der Waals surface area contributed by atoms with E-state index < -0.39 is 5.97 Å². The van der Waals surface area contributed by atoms with Crippen molar-refractivity contribution in [1.82, 2.24) is 4.90 Å². The summed E-state index contributed by atoms with van der Waals surface area (Å²) < 4.78 is 5.21. The minimum atomic E-state index is -0.408. The average molecular weight is 503 g/mol. The second-order valence-corrected chi connectivity index (χ2v) is 9.37. The van der Waals surface area contributed by atoms with Crippen LogP contribution in [0.3, 0.4) is 0 Å². The molecule has 2 aromatic carbocycles. The molecule has 33 heavy (non-hydrogen) atoms. The maximum absolute atomic E-state index is 12.7. The summed E-state index contributed by atoms with van der Waals surface area (Å²) in [7, 11) is 1.33. The SMILES string of the molecule is COC(=O)c1ccc(C=C2SC(=S)N(CCCCCC(=O)Nc3ccccc3Cl)C2=O)cc1. The van der Waals surface area contributed by atoms with E-state index in [1.165, 1.54) is 18.9 Å². The van der Waals surface area contributed by atoms with Gasteiger partial charge in [0.2, 0.25) is 5.91 Å². The van der Waals surface area contributed by atoms with Gasteiger partial charge in [-0.2, -0.15) is 0 Å². The first-order valence-corrected chi connectivity index (χ1v) is 12.0. The molecule has 1 saturated heterocycles. The Morgan fingerprint density at radius 3 is 2.55 bits per heavy atom. The Morgan fingerprint density at radius 2 is 1.85 bits per heavy atom. The lowest BCUT2D eigenvalue weighted by Gasteiger charge is -2.14. The molecule has 9 heteroatoms. The average Bonchev–Trinajstić information content (AvgIpc) is 3.07. The van der Waals surface area contributed by atoms with Crippen LogP contribution in [-0.2, 0) is 14.3 Å². The molecule has 0 atom stereocenters. The third kappa shape index (κ3) is 6.90. The van der Waals surface area contributed by atoms with Crippen molar-refractivity contribution in [2.45, 2.75) is 25.7 Å². The predicted octanol–water partition coefficient (Wildman–Crippen LogP) is 5.53. The van der Waals surface area contributed by atoms with Crippen molar-refractivity contribution in [1.29, 1.82) is 0 Å². The number of thioether (sulfide) groups is 1. The van der Waals surface area contributed by atoms with Crippen molar-refractivity contribution in [2.24, 2.45) is 0 Å². The maximum atomic E-state index is 12.7. The number of carbonyl (C=O) groups is 3.